The number of ether oxygens (including phenoxy) is 2. The summed E-state index contributed by atoms with van der Waals surface area (Å²) in [6.45, 7) is 8.70. The second-order valence-corrected chi connectivity index (χ2v) is 8.33. The predicted molar refractivity (Wildman–Crippen MR) is 134 cm³/mol. The molecule has 0 atom stereocenters. The average molecular weight is 470 g/mol. The largest absolute Gasteiger partial charge is 0.488 e. The Bertz CT molecular complexity index is 1020. The highest BCUT2D eigenvalue weighted by Gasteiger charge is 2.25. The van der Waals surface area contributed by atoms with Crippen LogP contribution < -0.4 is 20.3 Å². The van der Waals surface area contributed by atoms with Crippen LogP contribution in [0.5, 0.6) is 5.75 Å². The fourth-order valence-corrected chi connectivity index (χ4v) is 4.37. The van der Waals surface area contributed by atoms with Crippen molar-refractivity contribution in [1.82, 2.24) is 9.97 Å². The van der Waals surface area contributed by atoms with Crippen LogP contribution in [0.3, 0.4) is 0 Å². The fraction of sp³-hybridized carbons (Fsp3) is 0.500. The van der Waals surface area contributed by atoms with E-state index in [1.807, 2.05) is 19.1 Å². The molecule has 0 radical (unpaired) electrons. The summed E-state index contributed by atoms with van der Waals surface area (Å²) in [5, 5.41) is 6.06. The molecule has 1 aromatic carbocycles. The Kier molecular flexibility index (Phi) is 7.89. The van der Waals surface area contributed by atoms with Gasteiger partial charge in [0.15, 0.2) is 11.6 Å². The number of hydrogen-bond acceptors (Lipinski definition) is 9. The van der Waals surface area contributed by atoms with Gasteiger partial charge in [0.25, 0.3) is 0 Å². The second-order valence-electron chi connectivity index (χ2n) is 8.33. The number of benzene rings is 1. The van der Waals surface area contributed by atoms with Gasteiger partial charge in [-0.3, -0.25) is 9.98 Å². The topological polar surface area (TPSA) is 96.3 Å². The highest BCUT2D eigenvalue weighted by atomic mass is 19.1. The van der Waals surface area contributed by atoms with Gasteiger partial charge in [-0.15, -0.1) is 0 Å². The molecule has 0 spiro atoms. The van der Waals surface area contributed by atoms with E-state index in [2.05, 4.69) is 42.2 Å². The highest BCUT2D eigenvalue weighted by Crippen LogP contribution is 2.43. The van der Waals surface area contributed by atoms with Crippen LogP contribution in [0.4, 0.5) is 33.2 Å². The van der Waals surface area contributed by atoms with E-state index < -0.39 is 5.82 Å². The minimum Gasteiger partial charge on any atom is -0.488 e. The summed E-state index contributed by atoms with van der Waals surface area (Å²) in [7, 11) is 1.63. The molecular formula is C24H32FN7O2. The molecule has 1 aliphatic carbocycles. The minimum atomic E-state index is -0.470. The molecule has 1 aliphatic heterocycles. The quantitative estimate of drug-likeness (QED) is 0.555. The van der Waals surface area contributed by atoms with Gasteiger partial charge in [-0.05, 0) is 45.4 Å². The Morgan fingerprint density at radius 2 is 2.00 bits per heavy atom. The van der Waals surface area contributed by atoms with Gasteiger partial charge >= 0.3 is 0 Å². The molecule has 34 heavy (non-hydrogen) atoms. The number of nitrogens with one attached hydrogen (secondary N) is 2. The average Bonchev–Trinajstić information content (AvgIpc) is 2.87. The molecule has 0 amide bonds. The molecule has 0 bridgehead atoms. The molecule has 1 saturated heterocycles. The maximum atomic E-state index is 13.6. The normalized spacial score (nSPS) is 20.9. The first-order valence-electron chi connectivity index (χ1n) is 11.7. The zero-order valence-electron chi connectivity index (χ0n) is 19.8. The number of nitrogens with zero attached hydrogens (tertiary/aromatic N) is 5. The summed E-state index contributed by atoms with van der Waals surface area (Å²) in [5.41, 5.74) is 2.46. The minimum absolute atomic E-state index is 0.0546. The summed E-state index contributed by atoms with van der Waals surface area (Å²) in [4.78, 5) is 19.3. The van der Waals surface area contributed by atoms with Gasteiger partial charge in [0.05, 0.1) is 31.2 Å². The van der Waals surface area contributed by atoms with Crippen molar-refractivity contribution in [3.05, 3.63) is 24.1 Å². The van der Waals surface area contributed by atoms with Crippen LogP contribution in [0.2, 0.25) is 0 Å². The number of rotatable bonds is 8. The number of hydrogen-bond donors (Lipinski definition) is 2. The van der Waals surface area contributed by atoms with Gasteiger partial charge < -0.3 is 25.0 Å². The molecule has 2 heterocycles. The first kappa shape index (κ1) is 23.9. The van der Waals surface area contributed by atoms with Gasteiger partial charge in [0, 0.05) is 44.1 Å². The zero-order valence-corrected chi connectivity index (χ0v) is 19.8. The standard InChI is InChI=1S/C24H32FN7O2/c1-4-28-20-13-17(32-9-11-33-12-10-32)14-21(22(20)26-2)34-18-7-5-16(6-8-18)30-24-29-15-19(25)23(27-3)31-24/h4,13-16,18H,2,5-12H2,1,3H3,(H2,27,29,30,31). The summed E-state index contributed by atoms with van der Waals surface area (Å²) >= 11 is 0. The van der Waals surface area contributed by atoms with Crippen LogP contribution in [0.15, 0.2) is 28.3 Å². The Morgan fingerprint density at radius 1 is 1.24 bits per heavy atom. The maximum Gasteiger partial charge on any atom is 0.225 e. The van der Waals surface area contributed by atoms with E-state index in [0.29, 0.717) is 30.6 Å². The van der Waals surface area contributed by atoms with E-state index in [9.17, 15) is 4.39 Å². The van der Waals surface area contributed by atoms with E-state index in [1.54, 1.807) is 13.3 Å². The van der Waals surface area contributed by atoms with Crippen LogP contribution in [0.25, 0.3) is 0 Å². The predicted octanol–water partition coefficient (Wildman–Crippen LogP) is 4.35. The second kappa shape index (κ2) is 11.2. The summed E-state index contributed by atoms with van der Waals surface area (Å²) in [6.07, 6.45) is 6.49. The van der Waals surface area contributed by atoms with Crippen LogP contribution in [-0.2, 0) is 4.74 Å². The lowest BCUT2D eigenvalue weighted by molar-refractivity contribution is 0.122. The highest BCUT2D eigenvalue weighted by molar-refractivity contribution is 5.80. The summed E-state index contributed by atoms with van der Waals surface area (Å²) in [5.74, 6) is 0.845. The molecule has 9 nitrogen and oxygen atoms in total. The first-order valence-corrected chi connectivity index (χ1v) is 11.7. The number of halogens is 1. The third-order valence-corrected chi connectivity index (χ3v) is 6.12. The van der Waals surface area contributed by atoms with E-state index in [0.717, 1.165) is 50.1 Å². The van der Waals surface area contributed by atoms with E-state index in [4.69, 9.17) is 9.47 Å². The SMILES string of the molecule is C=Nc1c(N=CC)cc(N2CCOCC2)cc1OC1CCC(Nc2ncc(F)c(NC)n2)CC1. The van der Waals surface area contributed by atoms with Crippen molar-refractivity contribution >= 4 is 41.8 Å². The molecule has 2 N–H and O–H groups in total. The van der Waals surface area contributed by atoms with Crippen LogP contribution in [0, 0.1) is 5.82 Å². The maximum absolute atomic E-state index is 13.6. The Balaban J connectivity index is 1.44. The zero-order chi connectivity index (χ0) is 23.9. The van der Waals surface area contributed by atoms with Gasteiger partial charge in [0.2, 0.25) is 5.95 Å². The number of aliphatic imine (C=N–C) groups is 2. The smallest absolute Gasteiger partial charge is 0.225 e. The van der Waals surface area contributed by atoms with Crippen LogP contribution in [-0.4, -0.2) is 68.4 Å². The Morgan fingerprint density at radius 3 is 2.68 bits per heavy atom. The lowest BCUT2D eigenvalue weighted by atomic mass is 9.93. The molecule has 1 aromatic heterocycles. The summed E-state index contributed by atoms with van der Waals surface area (Å²) < 4.78 is 25.6. The lowest BCUT2D eigenvalue weighted by Gasteiger charge is -2.32. The molecule has 2 fully saturated rings. The van der Waals surface area contributed by atoms with Crippen LogP contribution in [0.1, 0.15) is 32.6 Å². The number of morpholine rings is 1. The van der Waals surface area contributed by atoms with Crippen molar-refractivity contribution in [3.63, 3.8) is 0 Å². The third kappa shape index (κ3) is 5.61. The van der Waals surface area contributed by atoms with Crippen molar-refractivity contribution in [2.24, 2.45) is 9.98 Å². The third-order valence-electron chi connectivity index (χ3n) is 6.12. The van der Waals surface area contributed by atoms with E-state index >= 15 is 0 Å². The molecule has 2 aliphatic rings. The number of aromatic nitrogens is 2. The first-order chi connectivity index (χ1) is 16.6. The van der Waals surface area contributed by atoms with Gasteiger partial charge in [-0.1, -0.05) is 0 Å². The Labute approximate surface area is 199 Å². The van der Waals surface area contributed by atoms with Crippen LogP contribution >= 0.6 is 0 Å². The van der Waals surface area contributed by atoms with Crippen molar-refractivity contribution in [3.8, 4) is 5.75 Å². The molecule has 2 aromatic rings. The van der Waals surface area contributed by atoms with E-state index in [1.165, 1.54) is 6.20 Å². The van der Waals surface area contributed by atoms with Gasteiger partial charge in [-0.25, -0.2) is 9.37 Å². The Hall–Kier alpha value is -3.27. The fourth-order valence-electron chi connectivity index (χ4n) is 4.37. The molecule has 4 rings (SSSR count). The molecule has 10 heteroatoms. The van der Waals surface area contributed by atoms with Crippen molar-refractivity contribution < 1.29 is 13.9 Å². The number of anilines is 3. The summed E-state index contributed by atoms with van der Waals surface area (Å²) in [6, 6.07) is 4.28. The van der Waals surface area contributed by atoms with E-state index in [-0.39, 0.29) is 18.0 Å². The van der Waals surface area contributed by atoms with Gasteiger partial charge in [-0.2, -0.15) is 4.98 Å². The lowest BCUT2D eigenvalue weighted by Crippen LogP contribution is -2.36. The molecular weight excluding hydrogens is 437 g/mol. The van der Waals surface area contributed by atoms with Gasteiger partial charge in [0.1, 0.15) is 11.4 Å². The molecule has 182 valence electrons. The molecule has 1 saturated carbocycles. The monoisotopic (exact) mass is 469 g/mol. The van der Waals surface area contributed by atoms with Crippen molar-refractivity contribution in [2.45, 2.75) is 44.8 Å². The van der Waals surface area contributed by atoms with Crippen molar-refractivity contribution in [1.29, 1.82) is 0 Å². The van der Waals surface area contributed by atoms with Crippen molar-refractivity contribution in [2.75, 3.05) is 48.9 Å². The molecule has 0 unspecified atom stereocenters.